The molecule has 0 aliphatic carbocycles. The van der Waals surface area contributed by atoms with Gasteiger partial charge in [0.1, 0.15) is 5.82 Å². The normalized spacial score (nSPS) is 14.7. The molecule has 1 aliphatic heterocycles. The zero-order valence-corrected chi connectivity index (χ0v) is 18.6. The molecule has 2 heterocycles. The van der Waals surface area contributed by atoms with E-state index in [-0.39, 0.29) is 5.91 Å². The highest BCUT2D eigenvalue weighted by Crippen LogP contribution is 2.20. The second-order valence-corrected chi connectivity index (χ2v) is 8.14. The summed E-state index contributed by atoms with van der Waals surface area (Å²) in [7, 11) is 0. The number of carbonyl (C=O) groups is 1. The van der Waals surface area contributed by atoms with Crippen LogP contribution in [-0.2, 0) is 4.79 Å². The molecule has 1 saturated heterocycles. The molecule has 1 N–H and O–H groups in total. The van der Waals surface area contributed by atoms with Crippen molar-refractivity contribution in [2.75, 3.05) is 42.9 Å². The fourth-order valence-corrected chi connectivity index (χ4v) is 3.55. The van der Waals surface area contributed by atoms with Crippen LogP contribution < -0.4 is 10.2 Å². The lowest BCUT2D eigenvalue weighted by atomic mass is 10.2. The van der Waals surface area contributed by atoms with Crippen molar-refractivity contribution in [3.8, 4) is 0 Å². The van der Waals surface area contributed by atoms with Gasteiger partial charge in [-0.05, 0) is 64.5 Å². The van der Waals surface area contributed by atoms with Gasteiger partial charge >= 0.3 is 0 Å². The van der Waals surface area contributed by atoms with Crippen LogP contribution in [-0.4, -0.2) is 48.5 Å². The predicted octanol–water partition coefficient (Wildman–Crippen LogP) is 5.02. The molecule has 3 aromatic rings. The third-order valence-corrected chi connectivity index (χ3v) is 5.43. The number of nitrogens with one attached hydrogen (secondary N) is 1. The van der Waals surface area contributed by atoms with Gasteiger partial charge in [0.25, 0.3) is 0 Å². The van der Waals surface area contributed by atoms with Crippen LogP contribution in [0, 0.1) is 0 Å². The molecular formula is C23H23BrN6O. The van der Waals surface area contributed by atoms with E-state index in [1.54, 1.807) is 0 Å². The predicted molar refractivity (Wildman–Crippen MR) is 126 cm³/mol. The van der Waals surface area contributed by atoms with E-state index in [2.05, 4.69) is 46.3 Å². The van der Waals surface area contributed by atoms with Crippen molar-refractivity contribution in [1.29, 1.82) is 0 Å². The topological polar surface area (TPSA) is 73.2 Å². The highest BCUT2D eigenvalue weighted by atomic mass is 79.9. The molecule has 7 nitrogen and oxygen atoms in total. The SMILES string of the molecule is O=C(CN1CCN(c2ccc(Br)cn2)CC1)Nc1ccc(N=Nc2ccccc2)cc1. The van der Waals surface area contributed by atoms with Gasteiger partial charge in [-0.15, -0.1) is 0 Å². The lowest BCUT2D eigenvalue weighted by molar-refractivity contribution is -0.117. The minimum Gasteiger partial charge on any atom is -0.354 e. The standard InChI is InChI=1S/C23H23BrN6O/c24-18-6-11-22(25-16-18)30-14-12-29(13-15-30)17-23(31)26-19-7-9-21(10-8-19)28-27-20-4-2-1-3-5-20/h1-11,16H,12-15,17H2,(H,26,31). The lowest BCUT2D eigenvalue weighted by Gasteiger charge is -2.35. The number of nitrogens with zero attached hydrogens (tertiary/aromatic N) is 5. The average molecular weight is 479 g/mol. The summed E-state index contributed by atoms with van der Waals surface area (Å²) in [6.45, 7) is 3.72. The molecule has 2 aromatic carbocycles. The Morgan fingerprint density at radius 2 is 1.58 bits per heavy atom. The van der Waals surface area contributed by atoms with E-state index in [9.17, 15) is 4.79 Å². The van der Waals surface area contributed by atoms with Crippen molar-refractivity contribution in [3.63, 3.8) is 0 Å². The van der Waals surface area contributed by atoms with Gasteiger partial charge in [0, 0.05) is 42.5 Å². The number of pyridine rings is 1. The molecule has 8 heteroatoms. The molecule has 1 amide bonds. The largest absolute Gasteiger partial charge is 0.354 e. The molecule has 158 valence electrons. The lowest BCUT2D eigenvalue weighted by Crippen LogP contribution is -2.48. The fraction of sp³-hybridized carbons (Fsp3) is 0.217. The van der Waals surface area contributed by atoms with Gasteiger partial charge in [0.15, 0.2) is 0 Å². The minimum atomic E-state index is -0.0196. The van der Waals surface area contributed by atoms with Gasteiger partial charge in [0.2, 0.25) is 5.91 Å². The Kier molecular flexibility index (Phi) is 7.01. The summed E-state index contributed by atoms with van der Waals surface area (Å²) in [5, 5.41) is 11.4. The number of hydrogen-bond donors (Lipinski definition) is 1. The van der Waals surface area contributed by atoms with Crippen LogP contribution in [0.4, 0.5) is 22.9 Å². The van der Waals surface area contributed by atoms with E-state index >= 15 is 0 Å². The van der Waals surface area contributed by atoms with Gasteiger partial charge < -0.3 is 10.2 Å². The van der Waals surface area contributed by atoms with Gasteiger partial charge in [-0.2, -0.15) is 10.2 Å². The Hall–Kier alpha value is -3.10. The number of carbonyl (C=O) groups excluding carboxylic acids is 1. The molecule has 0 radical (unpaired) electrons. The zero-order chi connectivity index (χ0) is 21.5. The Labute approximate surface area is 189 Å². The molecule has 0 unspecified atom stereocenters. The van der Waals surface area contributed by atoms with Gasteiger partial charge in [0.05, 0.1) is 17.9 Å². The van der Waals surface area contributed by atoms with E-state index in [0.29, 0.717) is 6.54 Å². The average Bonchev–Trinajstić information content (AvgIpc) is 2.80. The summed E-state index contributed by atoms with van der Waals surface area (Å²) in [5.41, 5.74) is 2.29. The number of hydrogen-bond acceptors (Lipinski definition) is 6. The highest BCUT2D eigenvalue weighted by Gasteiger charge is 2.19. The minimum absolute atomic E-state index is 0.0196. The third-order valence-electron chi connectivity index (χ3n) is 4.96. The summed E-state index contributed by atoms with van der Waals surface area (Å²) in [4.78, 5) is 21.3. The quantitative estimate of drug-likeness (QED) is 0.504. The molecule has 0 bridgehead atoms. The first kappa shape index (κ1) is 21.1. The molecule has 31 heavy (non-hydrogen) atoms. The molecule has 0 spiro atoms. The number of azo groups is 1. The maximum atomic E-state index is 12.4. The second-order valence-electron chi connectivity index (χ2n) is 7.23. The monoisotopic (exact) mass is 478 g/mol. The van der Waals surface area contributed by atoms with Crippen LogP contribution in [0.5, 0.6) is 0 Å². The highest BCUT2D eigenvalue weighted by molar-refractivity contribution is 9.10. The number of amides is 1. The first-order valence-corrected chi connectivity index (χ1v) is 10.9. The number of halogens is 1. The maximum Gasteiger partial charge on any atom is 0.238 e. The summed E-state index contributed by atoms with van der Waals surface area (Å²) in [6.07, 6.45) is 1.81. The van der Waals surface area contributed by atoms with E-state index in [0.717, 1.165) is 53.5 Å². The van der Waals surface area contributed by atoms with Crippen molar-refractivity contribution in [2.24, 2.45) is 10.2 Å². The molecule has 0 saturated carbocycles. The number of anilines is 2. The number of rotatable bonds is 6. The van der Waals surface area contributed by atoms with Crippen molar-refractivity contribution in [2.45, 2.75) is 0 Å². The molecule has 1 aliphatic rings. The zero-order valence-electron chi connectivity index (χ0n) is 17.0. The van der Waals surface area contributed by atoms with Crippen molar-refractivity contribution in [3.05, 3.63) is 77.4 Å². The summed E-state index contributed by atoms with van der Waals surface area (Å²) in [6, 6.07) is 20.9. The van der Waals surface area contributed by atoms with Crippen LogP contribution in [0.25, 0.3) is 0 Å². The van der Waals surface area contributed by atoms with Crippen molar-refractivity contribution in [1.82, 2.24) is 9.88 Å². The Balaban J connectivity index is 1.23. The van der Waals surface area contributed by atoms with E-state index < -0.39 is 0 Å². The molecule has 0 atom stereocenters. The fourth-order valence-electron chi connectivity index (χ4n) is 3.32. The Bertz CT molecular complexity index is 1020. The Morgan fingerprint density at radius 3 is 2.23 bits per heavy atom. The van der Waals surface area contributed by atoms with Crippen LogP contribution >= 0.6 is 15.9 Å². The molecule has 1 aromatic heterocycles. The summed E-state index contributed by atoms with van der Waals surface area (Å²) >= 11 is 3.41. The summed E-state index contributed by atoms with van der Waals surface area (Å²) < 4.78 is 0.971. The van der Waals surface area contributed by atoms with Crippen LogP contribution in [0.3, 0.4) is 0 Å². The van der Waals surface area contributed by atoms with E-state index in [4.69, 9.17) is 0 Å². The first-order chi connectivity index (χ1) is 15.2. The number of piperazine rings is 1. The second kappa shape index (κ2) is 10.3. The Morgan fingerprint density at radius 1 is 0.903 bits per heavy atom. The summed E-state index contributed by atoms with van der Waals surface area (Å²) in [5.74, 6) is 0.950. The van der Waals surface area contributed by atoms with Crippen molar-refractivity contribution >= 4 is 44.7 Å². The van der Waals surface area contributed by atoms with Gasteiger partial charge in [-0.1, -0.05) is 18.2 Å². The smallest absolute Gasteiger partial charge is 0.238 e. The van der Waals surface area contributed by atoms with Crippen molar-refractivity contribution < 1.29 is 4.79 Å². The first-order valence-electron chi connectivity index (χ1n) is 10.1. The molecule has 1 fully saturated rings. The number of benzene rings is 2. The molecular weight excluding hydrogens is 456 g/mol. The maximum absolute atomic E-state index is 12.4. The van der Waals surface area contributed by atoms with Gasteiger partial charge in [-0.3, -0.25) is 9.69 Å². The van der Waals surface area contributed by atoms with Gasteiger partial charge in [-0.25, -0.2) is 4.98 Å². The van der Waals surface area contributed by atoms with Crippen LogP contribution in [0.15, 0.2) is 87.6 Å². The van der Waals surface area contributed by atoms with E-state index in [1.165, 1.54) is 0 Å². The van der Waals surface area contributed by atoms with Crippen LogP contribution in [0.2, 0.25) is 0 Å². The van der Waals surface area contributed by atoms with E-state index in [1.807, 2.05) is 72.9 Å². The number of aromatic nitrogens is 1. The molecule has 4 rings (SSSR count). The third kappa shape index (κ3) is 6.19. The van der Waals surface area contributed by atoms with Crippen LogP contribution in [0.1, 0.15) is 0 Å².